The summed E-state index contributed by atoms with van der Waals surface area (Å²) in [6.07, 6.45) is 3.30. The average molecular weight is 282 g/mol. The maximum absolute atomic E-state index is 12.3. The number of carbonyl (C=O) groups excluding carboxylic acids is 1. The lowest BCUT2D eigenvalue weighted by Crippen LogP contribution is -2.44. The van der Waals surface area contributed by atoms with E-state index in [1.165, 1.54) is 0 Å². The van der Waals surface area contributed by atoms with Crippen LogP contribution in [0.5, 0.6) is 0 Å². The highest BCUT2D eigenvalue weighted by atomic mass is 16.6. The second-order valence-electron chi connectivity index (χ2n) is 5.19. The number of piperidine rings is 1. The summed E-state index contributed by atoms with van der Waals surface area (Å²) in [6, 6.07) is 0. The first-order chi connectivity index (χ1) is 9.53. The van der Waals surface area contributed by atoms with E-state index in [-0.39, 0.29) is 23.4 Å². The van der Waals surface area contributed by atoms with E-state index in [4.69, 9.17) is 0 Å². The van der Waals surface area contributed by atoms with Gasteiger partial charge in [-0.1, -0.05) is 6.92 Å². The van der Waals surface area contributed by atoms with Crippen LogP contribution in [0.4, 0.5) is 5.69 Å². The Balaban J connectivity index is 2.09. The lowest BCUT2D eigenvalue weighted by Gasteiger charge is -2.39. The molecule has 20 heavy (non-hydrogen) atoms. The molecule has 0 saturated carbocycles. The standard InChI is InChI=1S/C12H18N4O4/c1-2-12(8-17)3-5-15(6-4-12)11(18)10-9(16(19)20)7-13-14-10/h7,17H,2-6,8H2,1H3,(H,13,14). The maximum atomic E-state index is 12.3. The molecular formula is C12H18N4O4. The van der Waals surface area contributed by atoms with E-state index in [9.17, 15) is 20.0 Å². The van der Waals surface area contributed by atoms with Gasteiger partial charge in [0.1, 0.15) is 6.20 Å². The van der Waals surface area contributed by atoms with Gasteiger partial charge in [-0.3, -0.25) is 20.0 Å². The van der Waals surface area contributed by atoms with Gasteiger partial charge in [0.05, 0.1) is 4.92 Å². The molecule has 1 aliphatic heterocycles. The summed E-state index contributed by atoms with van der Waals surface area (Å²) in [5, 5.41) is 26.2. The third-order valence-electron chi connectivity index (χ3n) is 4.23. The molecule has 0 bridgehead atoms. The molecule has 1 aromatic rings. The minimum atomic E-state index is -0.620. The summed E-state index contributed by atoms with van der Waals surface area (Å²) in [5.41, 5.74) is -0.510. The smallest absolute Gasteiger partial charge is 0.319 e. The van der Waals surface area contributed by atoms with Crippen LogP contribution in [-0.2, 0) is 0 Å². The minimum Gasteiger partial charge on any atom is -0.396 e. The van der Waals surface area contributed by atoms with Crippen molar-refractivity contribution in [3.8, 4) is 0 Å². The molecule has 8 heteroatoms. The van der Waals surface area contributed by atoms with Crippen molar-refractivity contribution < 1.29 is 14.8 Å². The van der Waals surface area contributed by atoms with Gasteiger partial charge in [0.2, 0.25) is 5.69 Å². The topological polar surface area (TPSA) is 112 Å². The number of hydrogen-bond acceptors (Lipinski definition) is 5. The highest BCUT2D eigenvalue weighted by Crippen LogP contribution is 2.34. The van der Waals surface area contributed by atoms with Crippen LogP contribution in [-0.4, -0.2) is 50.7 Å². The second kappa shape index (κ2) is 5.58. The Morgan fingerprint density at radius 1 is 1.60 bits per heavy atom. The molecule has 1 fully saturated rings. The zero-order valence-corrected chi connectivity index (χ0v) is 11.3. The van der Waals surface area contributed by atoms with E-state index in [1.54, 1.807) is 4.90 Å². The number of carbonyl (C=O) groups is 1. The molecule has 0 atom stereocenters. The van der Waals surface area contributed by atoms with Gasteiger partial charge < -0.3 is 10.0 Å². The molecule has 0 aliphatic carbocycles. The number of amides is 1. The number of aliphatic hydroxyl groups is 1. The normalized spacial score (nSPS) is 18.0. The van der Waals surface area contributed by atoms with Crippen LogP contribution in [0.15, 0.2) is 6.20 Å². The molecule has 0 spiro atoms. The first-order valence-corrected chi connectivity index (χ1v) is 6.61. The van der Waals surface area contributed by atoms with E-state index in [0.29, 0.717) is 25.9 Å². The monoisotopic (exact) mass is 282 g/mol. The molecule has 1 aromatic heterocycles. The third kappa shape index (κ3) is 2.51. The van der Waals surface area contributed by atoms with E-state index in [0.717, 1.165) is 12.6 Å². The molecule has 8 nitrogen and oxygen atoms in total. The number of nitrogens with one attached hydrogen (secondary N) is 1. The van der Waals surface area contributed by atoms with Gasteiger partial charge in [0.25, 0.3) is 5.91 Å². The molecule has 1 amide bonds. The predicted octanol–water partition coefficient (Wildman–Crippen LogP) is 0.943. The largest absolute Gasteiger partial charge is 0.396 e. The fourth-order valence-corrected chi connectivity index (χ4v) is 2.54. The Morgan fingerprint density at radius 3 is 2.75 bits per heavy atom. The van der Waals surface area contributed by atoms with Crippen molar-refractivity contribution in [3.05, 3.63) is 22.0 Å². The quantitative estimate of drug-likeness (QED) is 0.630. The van der Waals surface area contributed by atoms with Crippen molar-refractivity contribution in [1.29, 1.82) is 0 Å². The number of aromatic nitrogens is 2. The predicted molar refractivity (Wildman–Crippen MR) is 70.2 cm³/mol. The van der Waals surface area contributed by atoms with Crippen molar-refractivity contribution >= 4 is 11.6 Å². The SMILES string of the molecule is CCC1(CO)CCN(C(=O)c2[nH]ncc2[N+](=O)[O-])CC1. The Morgan fingerprint density at radius 2 is 2.25 bits per heavy atom. The highest BCUT2D eigenvalue weighted by molar-refractivity contribution is 5.96. The summed E-state index contributed by atoms with van der Waals surface area (Å²) in [5.74, 6) is -0.406. The van der Waals surface area contributed by atoms with Gasteiger partial charge in [-0.25, -0.2) is 0 Å². The number of nitro groups is 1. The molecule has 110 valence electrons. The van der Waals surface area contributed by atoms with E-state index >= 15 is 0 Å². The lowest BCUT2D eigenvalue weighted by molar-refractivity contribution is -0.385. The summed E-state index contributed by atoms with van der Waals surface area (Å²) in [4.78, 5) is 24.0. The molecule has 2 N–H and O–H groups in total. The second-order valence-corrected chi connectivity index (χ2v) is 5.19. The molecular weight excluding hydrogens is 264 g/mol. The lowest BCUT2D eigenvalue weighted by atomic mass is 9.77. The summed E-state index contributed by atoms with van der Waals surface area (Å²) in [7, 11) is 0. The van der Waals surface area contributed by atoms with Crippen molar-refractivity contribution in [1.82, 2.24) is 15.1 Å². The minimum absolute atomic E-state index is 0.0806. The van der Waals surface area contributed by atoms with Crippen molar-refractivity contribution in [3.63, 3.8) is 0 Å². The van der Waals surface area contributed by atoms with Crippen molar-refractivity contribution in [2.45, 2.75) is 26.2 Å². The number of aromatic amines is 1. The van der Waals surface area contributed by atoms with Gasteiger partial charge in [0.15, 0.2) is 0 Å². The molecule has 2 heterocycles. The van der Waals surface area contributed by atoms with Crippen molar-refractivity contribution in [2.24, 2.45) is 5.41 Å². The van der Waals surface area contributed by atoms with Crippen molar-refractivity contribution in [2.75, 3.05) is 19.7 Å². The Hall–Kier alpha value is -1.96. The molecule has 0 unspecified atom stereocenters. The van der Waals surface area contributed by atoms with Gasteiger partial charge in [-0.05, 0) is 24.7 Å². The van der Waals surface area contributed by atoms with Gasteiger partial charge in [0, 0.05) is 19.7 Å². The first-order valence-electron chi connectivity index (χ1n) is 6.61. The molecule has 1 saturated heterocycles. The number of rotatable bonds is 4. The number of aliphatic hydroxyl groups excluding tert-OH is 1. The third-order valence-corrected chi connectivity index (χ3v) is 4.23. The van der Waals surface area contributed by atoms with Crippen LogP contribution in [0.2, 0.25) is 0 Å². The van der Waals surface area contributed by atoms with Crippen LogP contribution in [0.1, 0.15) is 36.7 Å². The number of hydrogen-bond donors (Lipinski definition) is 2. The highest BCUT2D eigenvalue weighted by Gasteiger charge is 2.36. The van der Waals surface area contributed by atoms with Crippen LogP contribution in [0.25, 0.3) is 0 Å². The summed E-state index contributed by atoms with van der Waals surface area (Å²) < 4.78 is 0. The molecule has 0 radical (unpaired) electrons. The fourth-order valence-electron chi connectivity index (χ4n) is 2.54. The zero-order valence-electron chi connectivity index (χ0n) is 11.3. The Kier molecular flexibility index (Phi) is 4.03. The van der Waals surface area contributed by atoms with Crippen LogP contribution in [0, 0.1) is 15.5 Å². The van der Waals surface area contributed by atoms with Crippen LogP contribution < -0.4 is 0 Å². The van der Waals surface area contributed by atoms with Gasteiger partial charge in [-0.2, -0.15) is 5.10 Å². The van der Waals surface area contributed by atoms with Gasteiger partial charge in [-0.15, -0.1) is 0 Å². The zero-order chi connectivity index (χ0) is 14.8. The molecule has 2 rings (SSSR count). The van der Waals surface area contributed by atoms with Gasteiger partial charge >= 0.3 is 5.69 Å². The maximum Gasteiger partial charge on any atom is 0.319 e. The summed E-state index contributed by atoms with van der Waals surface area (Å²) in [6.45, 7) is 3.11. The van der Waals surface area contributed by atoms with Crippen LogP contribution in [0.3, 0.4) is 0 Å². The first kappa shape index (κ1) is 14.4. The van der Waals surface area contributed by atoms with E-state index in [2.05, 4.69) is 10.2 Å². The molecule has 1 aliphatic rings. The summed E-state index contributed by atoms with van der Waals surface area (Å²) >= 11 is 0. The number of H-pyrrole nitrogens is 1. The Labute approximate surface area is 115 Å². The Bertz CT molecular complexity index is 499. The van der Waals surface area contributed by atoms with Crippen LogP contribution >= 0.6 is 0 Å². The molecule has 0 aromatic carbocycles. The van der Waals surface area contributed by atoms with E-state index in [1.807, 2.05) is 6.92 Å². The average Bonchev–Trinajstić information content (AvgIpc) is 2.96. The number of nitrogens with zero attached hydrogens (tertiary/aromatic N) is 3. The number of likely N-dealkylation sites (tertiary alicyclic amines) is 1. The van der Waals surface area contributed by atoms with E-state index < -0.39 is 10.8 Å². The fraction of sp³-hybridized carbons (Fsp3) is 0.667.